The fourth-order valence-electron chi connectivity index (χ4n) is 3.14. The molecule has 0 aromatic heterocycles. The van der Waals surface area contributed by atoms with E-state index in [1.807, 2.05) is 42.5 Å². The lowest BCUT2D eigenvalue weighted by Crippen LogP contribution is -2.46. The number of piperidine rings is 1. The molecule has 3 rings (SSSR count). The number of hydrogen-bond donors (Lipinski definition) is 1. The highest BCUT2D eigenvalue weighted by molar-refractivity contribution is 5.84. The fraction of sp³-hybridized carbons (Fsp3) is 0.368. The summed E-state index contributed by atoms with van der Waals surface area (Å²) < 4.78 is 5.83. The van der Waals surface area contributed by atoms with Crippen molar-refractivity contribution in [2.75, 3.05) is 13.1 Å². The maximum atomic E-state index is 12.5. The molecule has 0 saturated carbocycles. The molecule has 1 atom stereocenters. The van der Waals surface area contributed by atoms with E-state index in [4.69, 9.17) is 10.5 Å². The summed E-state index contributed by atoms with van der Waals surface area (Å²) >= 11 is 0. The lowest BCUT2D eigenvalue weighted by Gasteiger charge is -2.32. The molecule has 1 fully saturated rings. The van der Waals surface area contributed by atoms with E-state index in [1.165, 1.54) is 0 Å². The molecule has 2 N–H and O–H groups in total. The van der Waals surface area contributed by atoms with Gasteiger partial charge in [0, 0.05) is 19.0 Å². The van der Waals surface area contributed by atoms with Crippen LogP contribution < -0.4 is 10.5 Å². The zero-order valence-electron chi connectivity index (χ0n) is 13.8. The Balaban J connectivity index is 1.62. The zero-order valence-corrected chi connectivity index (χ0v) is 13.8. The number of likely N-dealkylation sites (tertiary alicyclic amines) is 1. The summed E-state index contributed by atoms with van der Waals surface area (Å²) in [5.41, 5.74) is 5.33. The molecule has 0 radical (unpaired) electrons. The Labute approximate surface area is 141 Å². The first-order chi connectivity index (χ1) is 11.5. The van der Waals surface area contributed by atoms with E-state index in [2.05, 4.69) is 0 Å². The van der Waals surface area contributed by atoms with E-state index in [0.29, 0.717) is 31.7 Å². The molecule has 1 heterocycles. The fourth-order valence-corrected chi connectivity index (χ4v) is 3.14. The van der Waals surface area contributed by atoms with Gasteiger partial charge in [-0.2, -0.15) is 0 Å². The minimum atomic E-state index is -0.559. The van der Waals surface area contributed by atoms with E-state index < -0.39 is 6.10 Å². The van der Waals surface area contributed by atoms with Gasteiger partial charge in [-0.15, -0.1) is 0 Å². The number of amides is 2. The molecule has 0 aliphatic carbocycles. The highest BCUT2D eigenvalue weighted by Gasteiger charge is 2.29. The Hall–Kier alpha value is -2.56. The number of nitrogens with zero attached hydrogens (tertiary/aromatic N) is 1. The third-order valence-corrected chi connectivity index (χ3v) is 4.59. The molecule has 0 bridgehead atoms. The molecule has 1 unspecified atom stereocenters. The highest BCUT2D eigenvalue weighted by atomic mass is 16.5. The maximum absolute atomic E-state index is 12.5. The Morgan fingerprint density at radius 1 is 1.12 bits per heavy atom. The van der Waals surface area contributed by atoms with Crippen molar-refractivity contribution in [3.8, 4) is 5.75 Å². The Morgan fingerprint density at radius 2 is 1.79 bits per heavy atom. The average Bonchev–Trinajstić information content (AvgIpc) is 2.61. The molecule has 2 amide bonds. The minimum Gasteiger partial charge on any atom is -0.481 e. The van der Waals surface area contributed by atoms with Crippen molar-refractivity contribution < 1.29 is 14.3 Å². The molecule has 2 aromatic rings. The van der Waals surface area contributed by atoms with E-state index in [0.717, 1.165) is 10.8 Å². The van der Waals surface area contributed by atoms with Gasteiger partial charge in [-0.05, 0) is 42.7 Å². The van der Waals surface area contributed by atoms with Gasteiger partial charge in [0.05, 0.1) is 0 Å². The first-order valence-corrected chi connectivity index (χ1v) is 8.28. The summed E-state index contributed by atoms with van der Waals surface area (Å²) in [5, 5.41) is 2.22. The molecule has 24 heavy (non-hydrogen) atoms. The number of nitrogens with two attached hydrogens (primary N) is 1. The summed E-state index contributed by atoms with van der Waals surface area (Å²) in [6.07, 6.45) is 0.698. The molecule has 2 aromatic carbocycles. The molecular formula is C19H22N2O3. The largest absolute Gasteiger partial charge is 0.481 e. The van der Waals surface area contributed by atoms with Crippen LogP contribution in [0.5, 0.6) is 5.75 Å². The summed E-state index contributed by atoms with van der Waals surface area (Å²) in [6.45, 7) is 2.87. The van der Waals surface area contributed by atoms with Gasteiger partial charge in [-0.1, -0.05) is 30.3 Å². The molecule has 5 nitrogen and oxygen atoms in total. The van der Waals surface area contributed by atoms with Gasteiger partial charge in [0.15, 0.2) is 6.10 Å². The van der Waals surface area contributed by atoms with E-state index in [-0.39, 0.29) is 17.7 Å². The molecule has 5 heteroatoms. The molecule has 1 saturated heterocycles. The molecular weight excluding hydrogens is 304 g/mol. The van der Waals surface area contributed by atoms with Crippen LogP contribution in [-0.4, -0.2) is 35.9 Å². The lowest BCUT2D eigenvalue weighted by atomic mass is 9.96. The number of hydrogen-bond acceptors (Lipinski definition) is 3. The van der Waals surface area contributed by atoms with Crippen LogP contribution in [0.25, 0.3) is 10.8 Å². The van der Waals surface area contributed by atoms with E-state index in [1.54, 1.807) is 11.8 Å². The minimum absolute atomic E-state index is 0.0499. The van der Waals surface area contributed by atoms with Crippen LogP contribution in [0.3, 0.4) is 0 Å². The van der Waals surface area contributed by atoms with Crippen LogP contribution in [0, 0.1) is 5.92 Å². The van der Waals surface area contributed by atoms with E-state index in [9.17, 15) is 9.59 Å². The van der Waals surface area contributed by atoms with E-state index >= 15 is 0 Å². The second kappa shape index (κ2) is 6.91. The van der Waals surface area contributed by atoms with Crippen molar-refractivity contribution >= 4 is 22.6 Å². The predicted octanol–water partition coefficient (Wildman–Crippen LogP) is 2.33. The predicted molar refractivity (Wildman–Crippen MR) is 92.5 cm³/mol. The maximum Gasteiger partial charge on any atom is 0.263 e. The van der Waals surface area contributed by atoms with Crippen LogP contribution in [-0.2, 0) is 9.59 Å². The van der Waals surface area contributed by atoms with Gasteiger partial charge >= 0.3 is 0 Å². The van der Waals surface area contributed by atoms with Crippen molar-refractivity contribution in [3.05, 3.63) is 42.5 Å². The smallest absolute Gasteiger partial charge is 0.263 e. The standard InChI is InChI=1S/C19H22N2O3/c1-13(19(23)21-10-8-15(9-11-21)18(20)22)24-17-7-6-14-4-2-3-5-16(14)12-17/h2-7,12-13,15H,8-11H2,1H3,(H2,20,22). The monoisotopic (exact) mass is 326 g/mol. The number of carbonyl (C=O) groups is 2. The third-order valence-electron chi connectivity index (χ3n) is 4.59. The van der Waals surface area contributed by atoms with Crippen molar-refractivity contribution in [2.45, 2.75) is 25.9 Å². The van der Waals surface area contributed by atoms with Gasteiger partial charge < -0.3 is 15.4 Å². The Kier molecular flexibility index (Phi) is 4.69. The molecule has 1 aliphatic heterocycles. The van der Waals surface area contributed by atoms with Gasteiger partial charge in [-0.25, -0.2) is 0 Å². The summed E-state index contributed by atoms with van der Waals surface area (Å²) in [4.78, 5) is 25.5. The van der Waals surface area contributed by atoms with Gasteiger partial charge in [0.25, 0.3) is 5.91 Å². The van der Waals surface area contributed by atoms with Crippen molar-refractivity contribution in [2.24, 2.45) is 11.7 Å². The van der Waals surface area contributed by atoms with Crippen LogP contribution in [0.4, 0.5) is 0 Å². The van der Waals surface area contributed by atoms with Crippen LogP contribution in [0.1, 0.15) is 19.8 Å². The topological polar surface area (TPSA) is 72.6 Å². The number of primary amides is 1. The average molecular weight is 326 g/mol. The number of rotatable bonds is 4. The zero-order chi connectivity index (χ0) is 17.1. The van der Waals surface area contributed by atoms with Gasteiger partial charge in [0.2, 0.25) is 5.91 Å². The SMILES string of the molecule is CC(Oc1ccc2ccccc2c1)C(=O)N1CCC(C(N)=O)CC1. The van der Waals surface area contributed by atoms with Crippen molar-refractivity contribution in [1.29, 1.82) is 0 Å². The number of ether oxygens (including phenoxy) is 1. The second-order valence-corrected chi connectivity index (χ2v) is 6.27. The molecule has 126 valence electrons. The van der Waals surface area contributed by atoms with Crippen LogP contribution in [0.15, 0.2) is 42.5 Å². The number of benzene rings is 2. The quantitative estimate of drug-likeness (QED) is 0.937. The summed E-state index contributed by atoms with van der Waals surface area (Å²) in [5.74, 6) is 0.237. The van der Waals surface area contributed by atoms with Gasteiger partial charge in [-0.3, -0.25) is 9.59 Å². The molecule has 0 spiro atoms. The van der Waals surface area contributed by atoms with Crippen molar-refractivity contribution in [3.63, 3.8) is 0 Å². The lowest BCUT2D eigenvalue weighted by molar-refractivity contribution is -0.140. The van der Waals surface area contributed by atoms with Crippen LogP contribution in [0.2, 0.25) is 0 Å². The van der Waals surface area contributed by atoms with Crippen molar-refractivity contribution in [1.82, 2.24) is 4.90 Å². The summed E-state index contributed by atoms with van der Waals surface area (Å²) in [7, 11) is 0. The Morgan fingerprint density at radius 3 is 2.46 bits per heavy atom. The third kappa shape index (κ3) is 3.50. The van der Waals surface area contributed by atoms with Gasteiger partial charge in [0.1, 0.15) is 5.75 Å². The molecule has 1 aliphatic rings. The number of carbonyl (C=O) groups excluding carboxylic acids is 2. The van der Waals surface area contributed by atoms with Crippen LogP contribution >= 0.6 is 0 Å². The Bertz CT molecular complexity index is 751. The second-order valence-electron chi connectivity index (χ2n) is 6.27. The first-order valence-electron chi connectivity index (χ1n) is 8.28. The highest BCUT2D eigenvalue weighted by Crippen LogP contribution is 2.23. The number of fused-ring (bicyclic) bond motifs is 1. The first kappa shape index (κ1) is 16.3. The normalized spacial score (nSPS) is 16.8. The summed E-state index contributed by atoms with van der Waals surface area (Å²) in [6, 6.07) is 13.8.